The van der Waals surface area contributed by atoms with Crippen LogP contribution in [0.5, 0.6) is 0 Å². The maximum absolute atomic E-state index is 11.3. The van der Waals surface area contributed by atoms with E-state index < -0.39 is 0 Å². The molecule has 0 bridgehead atoms. The summed E-state index contributed by atoms with van der Waals surface area (Å²) in [4.78, 5) is 20.2. The number of anilines is 1. The minimum atomic E-state index is -0.196. The minimum absolute atomic E-state index is 0.00369. The normalized spacial score (nSPS) is 19.1. The van der Waals surface area contributed by atoms with Gasteiger partial charge in [-0.05, 0) is 56.6 Å². The Balaban J connectivity index is 1.59. The van der Waals surface area contributed by atoms with Crippen LogP contribution in [0.15, 0.2) is 24.5 Å². The van der Waals surface area contributed by atoms with Gasteiger partial charge in [0.15, 0.2) is 0 Å². The van der Waals surface area contributed by atoms with Crippen molar-refractivity contribution in [1.82, 2.24) is 14.5 Å². The van der Waals surface area contributed by atoms with E-state index in [1.165, 1.54) is 5.69 Å². The minimum Gasteiger partial charge on any atom is -0.369 e. The van der Waals surface area contributed by atoms with Crippen molar-refractivity contribution in [3.8, 4) is 6.07 Å². The third-order valence-corrected chi connectivity index (χ3v) is 5.64. The first-order chi connectivity index (χ1) is 13.6. The molecule has 3 rings (SSSR count). The van der Waals surface area contributed by atoms with Gasteiger partial charge in [0.25, 0.3) is 0 Å². The number of hydrogen-bond donors (Lipinski definition) is 2. The predicted molar refractivity (Wildman–Crippen MR) is 107 cm³/mol. The quantitative estimate of drug-likeness (QED) is 0.731. The Labute approximate surface area is 166 Å². The first-order valence-electron chi connectivity index (χ1n) is 10.0. The van der Waals surface area contributed by atoms with Crippen molar-refractivity contribution in [2.24, 2.45) is 17.6 Å². The van der Waals surface area contributed by atoms with Gasteiger partial charge < -0.3 is 15.6 Å². The fourth-order valence-corrected chi connectivity index (χ4v) is 3.95. The van der Waals surface area contributed by atoms with E-state index in [1.807, 2.05) is 0 Å². The molecule has 7 nitrogen and oxygen atoms in total. The number of nitrogens with two attached hydrogens (primary N) is 1. The highest BCUT2D eigenvalue weighted by Gasteiger charge is 2.25. The number of carbonyl (C=O) groups excluding carboxylic acids is 1. The van der Waals surface area contributed by atoms with E-state index in [1.54, 1.807) is 6.20 Å². The molecule has 0 saturated heterocycles. The second-order valence-corrected chi connectivity index (χ2v) is 7.46. The molecule has 3 N–H and O–H groups in total. The lowest BCUT2D eigenvalue weighted by Gasteiger charge is -2.26. The number of aromatic nitrogens is 3. The summed E-state index contributed by atoms with van der Waals surface area (Å²) in [5.74, 6) is 0.789. The zero-order chi connectivity index (χ0) is 19.9. The summed E-state index contributed by atoms with van der Waals surface area (Å²) >= 11 is 0. The Morgan fingerprint density at radius 3 is 2.86 bits per heavy atom. The lowest BCUT2D eigenvalue weighted by molar-refractivity contribution is -0.122. The summed E-state index contributed by atoms with van der Waals surface area (Å²) in [6.45, 7) is 3.70. The fraction of sp³-hybridized carbons (Fsp3) is 0.524. The van der Waals surface area contributed by atoms with E-state index in [-0.39, 0.29) is 11.8 Å². The van der Waals surface area contributed by atoms with E-state index in [9.17, 15) is 10.1 Å². The molecule has 1 saturated carbocycles. The highest BCUT2D eigenvalue weighted by atomic mass is 16.1. The Kier molecular flexibility index (Phi) is 6.64. The van der Waals surface area contributed by atoms with Crippen LogP contribution in [0.3, 0.4) is 0 Å². The topological polar surface area (TPSA) is 110 Å². The monoisotopic (exact) mass is 380 g/mol. The molecule has 7 heteroatoms. The molecule has 2 heterocycles. The number of amides is 1. The molecule has 0 aromatic carbocycles. The summed E-state index contributed by atoms with van der Waals surface area (Å²) in [6.07, 6.45) is 8.97. The highest BCUT2D eigenvalue weighted by molar-refractivity contribution is 5.76. The largest absolute Gasteiger partial charge is 0.369 e. The third kappa shape index (κ3) is 4.89. The van der Waals surface area contributed by atoms with Crippen LogP contribution in [-0.4, -0.2) is 27.0 Å². The molecule has 148 valence electrons. The summed E-state index contributed by atoms with van der Waals surface area (Å²) < 4.78 is 2.22. The molecule has 2 aromatic heterocycles. The molecule has 0 radical (unpaired) electrons. The lowest BCUT2D eigenvalue weighted by atomic mass is 9.79. The molecule has 1 amide bonds. The van der Waals surface area contributed by atoms with Gasteiger partial charge in [0, 0.05) is 30.9 Å². The molecule has 0 aliphatic heterocycles. The van der Waals surface area contributed by atoms with Gasteiger partial charge in [-0.25, -0.2) is 9.97 Å². The van der Waals surface area contributed by atoms with Gasteiger partial charge >= 0.3 is 0 Å². The maximum atomic E-state index is 11.3. The molecule has 2 aromatic rings. The summed E-state index contributed by atoms with van der Waals surface area (Å²) in [5, 5.41) is 12.7. The van der Waals surface area contributed by atoms with Crippen LogP contribution in [0.4, 0.5) is 5.95 Å². The second kappa shape index (κ2) is 9.36. The van der Waals surface area contributed by atoms with Crippen molar-refractivity contribution >= 4 is 11.9 Å². The van der Waals surface area contributed by atoms with Gasteiger partial charge in [-0.3, -0.25) is 4.79 Å². The Hall–Kier alpha value is -2.88. The second-order valence-electron chi connectivity index (χ2n) is 7.46. The first kappa shape index (κ1) is 19.9. The Morgan fingerprint density at radius 2 is 2.18 bits per heavy atom. The molecule has 0 unspecified atom stereocenters. The van der Waals surface area contributed by atoms with Gasteiger partial charge in [0.05, 0.1) is 17.5 Å². The number of nitrogens with zero attached hydrogens (tertiary/aromatic N) is 4. The molecule has 1 aliphatic rings. The van der Waals surface area contributed by atoms with Crippen LogP contribution in [0.25, 0.3) is 0 Å². The fourth-order valence-electron chi connectivity index (χ4n) is 3.95. The third-order valence-electron chi connectivity index (χ3n) is 5.64. The molecular weight excluding hydrogens is 352 g/mol. The average Bonchev–Trinajstić information content (AvgIpc) is 3.16. The van der Waals surface area contributed by atoms with Crippen LogP contribution >= 0.6 is 0 Å². The van der Waals surface area contributed by atoms with Crippen molar-refractivity contribution in [1.29, 1.82) is 5.26 Å². The Morgan fingerprint density at radius 1 is 1.39 bits per heavy atom. The Bertz CT molecular complexity index is 845. The van der Waals surface area contributed by atoms with Crippen molar-refractivity contribution in [2.45, 2.75) is 52.0 Å². The zero-order valence-corrected chi connectivity index (χ0v) is 16.4. The van der Waals surface area contributed by atoms with Crippen LogP contribution in [-0.2, 0) is 24.2 Å². The molecule has 0 atom stereocenters. The smallest absolute Gasteiger partial charge is 0.222 e. The number of hydrogen-bond acceptors (Lipinski definition) is 5. The molecule has 0 spiro atoms. The summed E-state index contributed by atoms with van der Waals surface area (Å²) in [5.41, 5.74) is 8.04. The van der Waals surface area contributed by atoms with Gasteiger partial charge in [-0.2, -0.15) is 5.26 Å². The highest BCUT2D eigenvalue weighted by Crippen LogP contribution is 2.31. The van der Waals surface area contributed by atoms with Gasteiger partial charge in [-0.15, -0.1) is 0 Å². The number of nitrogens with one attached hydrogen (secondary N) is 1. The van der Waals surface area contributed by atoms with Crippen LogP contribution in [0, 0.1) is 23.2 Å². The maximum Gasteiger partial charge on any atom is 0.222 e. The number of rotatable bonds is 8. The van der Waals surface area contributed by atoms with Crippen molar-refractivity contribution in [3.63, 3.8) is 0 Å². The number of aryl methyl sites for hydroxylation is 1. The van der Waals surface area contributed by atoms with E-state index in [2.05, 4.69) is 51.2 Å². The lowest BCUT2D eigenvalue weighted by Crippen LogP contribution is -2.28. The predicted octanol–water partition coefficient (Wildman–Crippen LogP) is 2.66. The van der Waals surface area contributed by atoms with Crippen molar-refractivity contribution < 1.29 is 4.79 Å². The van der Waals surface area contributed by atoms with E-state index in [0.29, 0.717) is 17.4 Å². The van der Waals surface area contributed by atoms with E-state index in [0.717, 1.165) is 57.3 Å². The van der Waals surface area contributed by atoms with Crippen molar-refractivity contribution in [3.05, 3.63) is 41.5 Å². The molecule has 1 aliphatic carbocycles. The number of carbonyl (C=O) groups is 1. The van der Waals surface area contributed by atoms with Gasteiger partial charge in [-0.1, -0.05) is 6.92 Å². The summed E-state index contributed by atoms with van der Waals surface area (Å²) in [6, 6.07) is 6.39. The first-order valence-corrected chi connectivity index (χ1v) is 10.0. The molecule has 28 heavy (non-hydrogen) atoms. The molecular formula is C21H28N6O. The van der Waals surface area contributed by atoms with E-state index >= 15 is 0 Å². The van der Waals surface area contributed by atoms with Crippen LogP contribution in [0.1, 0.15) is 49.6 Å². The number of nitriles is 1. The average molecular weight is 380 g/mol. The van der Waals surface area contributed by atoms with Crippen LogP contribution in [0.2, 0.25) is 0 Å². The van der Waals surface area contributed by atoms with Gasteiger partial charge in [0.2, 0.25) is 11.9 Å². The van der Waals surface area contributed by atoms with Gasteiger partial charge in [0.1, 0.15) is 6.07 Å². The van der Waals surface area contributed by atoms with E-state index in [4.69, 9.17) is 5.73 Å². The summed E-state index contributed by atoms with van der Waals surface area (Å²) in [7, 11) is 0. The SMILES string of the molecule is CCc1cccn1CCNc1ncc(C#N)c(CC2CCC(C(N)=O)CC2)n1. The standard InChI is InChI=1S/C21H28N6O/c1-2-18-4-3-10-27(18)11-9-24-21-25-14-17(13-22)19(26-21)12-15-5-7-16(8-6-15)20(23)28/h3-4,10,14-16H,2,5-9,11-12H2,1H3,(H2,23,28)(H,24,25,26). The zero-order valence-electron chi connectivity index (χ0n) is 16.4. The van der Waals surface area contributed by atoms with Crippen molar-refractivity contribution in [2.75, 3.05) is 11.9 Å². The van der Waals surface area contributed by atoms with Crippen LogP contribution < -0.4 is 11.1 Å². The molecule has 1 fully saturated rings. The number of primary amides is 1.